The van der Waals surface area contributed by atoms with Gasteiger partial charge in [0.05, 0.1) is 15.7 Å². The molecule has 0 aliphatic carbocycles. The zero-order valence-corrected chi connectivity index (χ0v) is 14.5. The summed E-state index contributed by atoms with van der Waals surface area (Å²) in [5, 5.41) is 9.57. The highest BCUT2D eigenvalue weighted by molar-refractivity contribution is 6.39. The van der Waals surface area contributed by atoms with Gasteiger partial charge in [-0.05, 0) is 36.6 Å². The number of pyridine rings is 1. The first-order valence-electron chi connectivity index (χ1n) is 7.85. The third kappa shape index (κ3) is 4.10. The molecule has 1 aromatic carbocycles. The van der Waals surface area contributed by atoms with Crippen LogP contribution < -0.4 is 16.0 Å². The van der Waals surface area contributed by atoms with Crippen molar-refractivity contribution >= 4 is 40.7 Å². The predicted molar refractivity (Wildman–Crippen MR) is 98.2 cm³/mol. The Kier molecular flexibility index (Phi) is 5.43. The maximum absolute atomic E-state index is 12.0. The topological polar surface area (TPSA) is 66.0 Å². The molecule has 1 aromatic heterocycles. The van der Waals surface area contributed by atoms with Crippen LogP contribution in [0.2, 0.25) is 10.0 Å². The zero-order valence-electron chi connectivity index (χ0n) is 13.0. The van der Waals surface area contributed by atoms with Crippen molar-refractivity contribution in [3.05, 3.63) is 51.6 Å². The van der Waals surface area contributed by atoms with E-state index in [1.807, 2.05) is 6.07 Å². The largest absolute Gasteiger partial charge is 0.370 e. The highest BCUT2D eigenvalue weighted by atomic mass is 35.5. The van der Waals surface area contributed by atoms with Gasteiger partial charge in [0.2, 0.25) is 0 Å². The summed E-state index contributed by atoms with van der Waals surface area (Å²) in [6.07, 6.45) is 2.86. The molecule has 0 saturated heterocycles. The summed E-state index contributed by atoms with van der Waals surface area (Å²) in [6, 6.07) is 8.84. The highest BCUT2D eigenvalue weighted by Crippen LogP contribution is 2.29. The SMILES string of the molecule is O=C(NCCc1ccc2c(n1)NCCC2)Nc1c(Cl)cccc1Cl. The molecule has 0 spiro atoms. The molecule has 0 atom stereocenters. The van der Waals surface area contributed by atoms with Crippen LogP contribution in [0.5, 0.6) is 0 Å². The summed E-state index contributed by atoms with van der Waals surface area (Å²) in [5.74, 6) is 0.964. The van der Waals surface area contributed by atoms with Crippen LogP contribution >= 0.6 is 23.2 Å². The van der Waals surface area contributed by atoms with Gasteiger partial charge in [-0.3, -0.25) is 0 Å². The lowest BCUT2D eigenvalue weighted by Crippen LogP contribution is -2.30. The maximum atomic E-state index is 12.0. The first kappa shape index (κ1) is 16.9. The van der Waals surface area contributed by atoms with E-state index in [2.05, 4.69) is 27.0 Å². The number of aromatic nitrogens is 1. The van der Waals surface area contributed by atoms with Gasteiger partial charge in [-0.15, -0.1) is 0 Å². The number of amides is 2. The predicted octanol–water partition coefficient (Wildman–Crippen LogP) is 4.11. The highest BCUT2D eigenvalue weighted by Gasteiger charge is 2.11. The number of carbonyl (C=O) groups is 1. The molecular weight excluding hydrogens is 347 g/mol. The fourth-order valence-electron chi connectivity index (χ4n) is 2.59. The normalized spacial score (nSPS) is 12.9. The second kappa shape index (κ2) is 7.73. The third-order valence-electron chi connectivity index (χ3n) is 3.82. The Morgan fingerprint density at radius 1 is 1.21 bits per heavy atom. The van der Waals surface area contributed by atoms with Crippen LogP contribution in [0.4, 0.5) is 16.3 Å². The van der Waals surface area contributed by atoms with Crippen molar-refractivity contribution in [3.8, 4) is 0 Å². The van der Waals surface area contributed by atoms with Crippen LogP contribution in [-0.4, -0.2) is 24.1 Å². The van der Waals surface area contributed by atoms with E-state index in [0.29, 0.717) is 28.7 Å². The van der Waals surface area contributed by atoms with E-state index in [-0.39, 0.29) is 6.03 Å². The summed E-state index contributed by atoms with van der Waals surface area (Å²) in [6.45, 7) is 1.43. The lowest BCUT2D eigenvalue weighted by molar-refractivity contribution is 0.252. The Hall–Kier alpha value is -1.98. The number of nitrogens with one attached hydrogen (secondary N) is 3. The number of benzene rings is 1. The number of nitrogens with zero attached hydrogens (tertiary/aromatic N) is 1. The van der Waals surface area contributed by atoms with Crippen molar-refractivity contribution < 1.29 is 4.79 Å². The molecular formula is C17H18Cl2N4O. The number of hydrogen-bond donors (Lipinski definition) is 3. The number of halogens is 2. The summed E-state index contributed by atoms with van der Waals surface area (Å²) in [7, 11) is 0. The van der Waals surface area contributed by atoms with Crippen LogP contribution in [0, 0.1) is 0 Å². The average Bonchev–Trinajstić information content (AvgIpc) is 2.58. The molecule has 3 N–H and O–H groups in total. The molecule has 0 saturated carbocycles. The average molecular weight is 365 g/mol. The van der Waals surface area contributed by atoms with Gasteiger partial charge in [0, 0.05) is 25.2 Å². The molecule has 0 bridgehead atoms. The van der Waals surface area contributed by atoms with Crippen LogP contribution in [0.15, 0.2) is 30.3 Å². The molecule has 1 aliphatic rings. The summed E-state index contributed by atoms with van der Waals surface area (Å²) >= 11 is 12.1. The van der Waals surface area contributed by atoms with Gasteiger partial charge >= 0.3 is 6.03 Å². The number of aryl methyl sites for hydroxylation is 1. The molecule has 7 heteroatoms. The molecule has 0 fully saturated rings. The van der Waals surface area contributed by atoms with E-state index in [1.54, 1.807) is 18.2 Å². The van der Waals surface area contributed by atoms with E-state index in [0.717, 1.165) is 30.9 Å². The fraction of sp³-hybridized carbons (Fsp3) is 0.294. The van der Waals surface area contributed by atoms with Gasteiger partial charge in [0.25, 0.3) is 0 Å². The Labute approximate surface area is 150 Å². The zero-order chi connectivity index (χ0) is 16.9. The van der Waals surface area contributed by atoms with Crippen LogP contribution in [0.25, 0.3) is 0 Å². The van der Waals surface area contributed by atoms with Crippen molar-refractivity contribution in [2.24, 2.45) is 0 Å². The van der Waals surface area contributed by atoms with E-state index >= 15 is 0 Å². The van der Waals surface area contributed by atoms with Gasteiger partial charge in [0.15, 0.2) is 0 Å². The molecule has 24 heavy (non-hydrogen) atoms. The van der Waals surface area contributed by atoms with Gasteiger partial charge in [-0.25, -0.2) is 9.78 Å². The van der Waals surface area contributed by atoms with Gasteiger partial charge in [0.1, 0.15) is 5.82 Å². The van der Waals surface area contributed by atoms with E-state index in [1.165, 1.54) is 5.56 Å². The van der Waals surface area contributed by atoms with Crippen LogP contribution in [0.1, 0.15) is 17.7 Å². The van der Waals surface area contributed by atoms with E-state index in [9.17, 15) is 4.79 Å². The van der Waals surface area contributed by atoms with Crippen molar-refractivity contribution in [3.63, 3.8) is 0 Å². The molecule has 3 rings (SSSR count). The molecule has 126 valence electrons. The quantitative estimate of drug-likeness (QED) is 0.764. The Balaban J connectivity index is 1.52. The van der Waals surface area contributed by atoms with Crippen molar-refractivity contribution in [1.82, 2.24) is 10.3 Å². The Morgan fingerprint density at radius 2 is 2.00 bits per heavy atom. The summed E-state index contributed by atoms with van der Waals surface area (Å²) in [4.78, 5) is 16.6. The lowest BCUT2D eigenvalue weighted by atomic mass is 10.1. The minimum Gasteiger partial charge on any atom is -0.370 e. The minimum atomic E-state index is -0.346. The summed E-state index contributed by atoms with van der Waals surface area (Å²) in [5.41, 5.74) is 2.61. The number of rotatable bonds is 4. The second-order valence-corrected chi connectivity index (χ2v) is 6.38. The molecule has 0 unspecified atom stereocenters. The fourth-order valence-corrected chi connectivity index (χ4v) is 3.08. The number of fused-ring (bicyclic) bond motifs is 1. The van der Waals surface area contributed by atoms with Gasteiger partial charge in [-0.1, -0.05) is 35.3 Å². The number of carbonyl (C=O) groups excluding carboxylic acids is 1. The Morgan fingerprint density at radius 3 is 2.79 bits per heavy atom. The number of urea groups is 1. The van der Waals surface area contributed by atoms with Crippen molar-refractivity contribution in [2.45, 2.75) is 19.3 Å². The minimum absolute atomic E-state index is 0.346. The summed E-state index contributed by atoms with van der Waals surface area (Å²) < 4.78 is 0. The smallest absolute Gasteiger partial charge is 0.319 e. The standard InChI is InChI=1S/C17H18Cl2N4O/c18-13-4-1-5-14(19)15(13)23-17(24)21-10-8-12-7-6-11-3-2-9-20-16(11)22-12/h1,4-7H,2-3,8-10H2,(H,20,22)(H2,21,23,24). The molecule has 5 nitrogen and oxygen atoms in total. The third-order valence-corrected chi connectivity index (χ3v) is 4.45. The monoisotopic (exact) mass is 364 g/mol. The molecule has 0 radical (unpaired) electrons. The first-order valence-corrected chi connectivity index (χ1v) is 8.60. The molecule has 2 amide bonds. The molecule has 2 heterocycles. The van der Waals surface area contributed by atoms with E-state index < -0.39 is 0 Å². The molecule has 1 aliphatic heterocycles. The van der Waals surface area contributed by atoms with Crippen molar-refractivity contribution in [1.29, 1.82) is 0 Å². The number of anilines is 2. The number of para-hydroxylation sites is 1. The Bertz CT molecular complexity index is 731. The van der Waals surface area contributed by atoms with E-state index in [4.69, 9.17) is 23.2 Å². The number of hydrogen-bond acceptors (Lipinski definition) is 3. The van der Waals surface area contributed by atoms with Crippen LogP contribution in [0.3, 0.4) is 0 Å². The van der Waals surface area contributed by atoms with Crippen molar-refractivity contribution in [2.75, 3.05) is 23.7 Å². The lowest BCUT2D eigenvalue weighted by Gasteiger charge is -2.17. The maximum Gasteiger partial charge on any atom is 0.319 e. The van der Waals surface area contributed by atoms with Gasteiger partial charge in [-0.2, -0.15) is 0 Å². The van der Waals surface area contributed by atoms with Crippen LogP contribution in [-0.2, 0) is 12.8 Å². The molecule has 2 aromatic rings. The first-order chi connectivity index (χ1) is 11.6. The second-order valence-electron chi connectivity index (χ2n) is 5.57. The van der Waals surface area contributed by atoms with Gasteiger partial charge < -0.3 is 16.0 Å².